The van der Waals surface area contributed by atoms with Crippen LogP contribution in [0.4, 0.5) is 5.82 Å². The third-order valence-electron chi connectivity index (χ3n) is 4.80. The smallest absolute Gasteiger partial charge is 0.159 e. The zero-order valence-corrected chi connectivity index (χ0v) is 15.7. The fourth-order valence-corrected chi connectivity index (χ4v) is 3.46. The van der Waals surface area contributed by atoms with Crippen molar-refractivity contribution >= 4 is 28.3 Å². The van der Waals surface area contributed by atoms with Crippen LogP contribution in [0.1, 0.15) is 0 Å². The number of H-pyrrole nitrogens is 1. The van der Waals surface area contributed by atoms with Crippen LogP contribution in [0.2, 0.25) is 5.02 Å². The summed E-state index contributed by atoms with van der Waals surface area (Å²) < 4.78 is 5.44. The van der Waals surface area contributed by atoms with Gasteiger partial charge in [-0.1, -0.05) is 11.6 Å². The number of pyridine rings is 1. The molecule has 0 bridgehead atoms. The van der Waals surface area contributed by atoms with Gasteiger partial charge in [0, 0.05) is 48.2 Å². The summed E-state index contributed by atoms with van der Waals surface area (Å²) in [5.41, 5.74) is 3.76. The largest absolute Gasteiger partial charge is 0.378 e. The number of benzene rings is 1. The maximum absolute atomic E-state index is 5.90. The molecule has 8 heteroatoms. The highest BCUT2D eigenvalue weighted by molar-refractivity contribution is 6.30. The van der Waals surface area contributed by atoms with Crippen molar-refractivity contribution < 1.29 is 4.74 Å². The molecular weight excluding hydrogens is 376 g/mol. The molecule has 1 fully saturated rings. The number of hydrogen-bond acceptors (Lipinski definition) is 6. The molecule has 5 rings (SSSR count). The number of hydrogen-bond donors (Lipinski definition) is 1. The van der Waals surface area contributed by atoms with E-state index in [9.17, 15) is 0 Å². The zero-order chi connectivity index (χ0) is 18.9. The van der Waals surface area contributed by atoms with E-state index in [0.717, 1.165) is 59.8 Å². The number of aromatic nitrogens is 5. The van der Waals surface area contributed by atoms with Gasteiger partial charge in [0.05, 0.1) is 23.8 Å². The number of anilines is 1. The Morgan fingerprint density at radius 2 is 1.79 bits per heavy atom. The number of fused-ring (bicyclic) bond motifs is 1. The minimum Gasteiger partial charge on any atom is -0.378 e. The Hall–Kier alpha value is -3.03. The van der Waals surface area contributed by atoms with Crippen molar-refractivity contribution in [3.05, 3.63) is 53.9 Å². The van der Waals surface area contributed by atoms with E-state index in [1.54, 1.807) is 12.4 Å². The highest BCUT2D eigenvalue weighted by atomic mass is 35.5. The lowest BCUT2D eigenvalue weighted by molar-refractivity contribution is 0.122. The number of halogens is 1. The second-order valence-corrected chi connectivity index (χ2v) is 7.00. The van der Waals surface area contributed by atoms with Crippen LogP contribution in [0, 0.1) is 0 Å². The van der Waals surface area contributed by atoms with E-state index >= 15 is 0 Å². The summed E-state index contributed by atoms with van der Waals surface area (Å²) in [7, 11) is 0. The van der Waals surface area contributed by atoms with Crippen molar-refractivity contribution in [1.82, 2.24) is 25.1 Å². The van der Waals surface area contributed by atoms with Crippen LogP contribution in [0.25, 0.3) is 33.5 Å². The third kappa shape index (κ3) is 3.19. The molecule has 0 unspecified atom stereocenters. The molecule has 0 amide bonds. The van der Waals surface area contributed by atoms with Crippen molar-refractivity contribution in [3.63, 3.8) is 0 Å². The van der Waals surface area contributed by atoms with Crippen LogP contribution in [0.5, 0.6) is 0 Å². The Kier molecular flexibility index (Phi) is 4.38. The summed E-state index contributed by atoms with van der Waals surface area (Å²) >= 11 is 5.90. The van der Waals surface area contributed by atoms with Gasteiger partial charge < -0.3 is 9.64 Å². The first kappa shape index (κ1) is 17.1. The molecule has 0 spiro atoms. The molecule has 0 radical (unpaired) electrons. The van der Waals surface area contributed by atoms with Crippen LogP contribution < -0.4 is 4.90 Å². The molecule has 1 aliphatic rings. The fraction of sp³-hybridized carbons (Fsp3) is 0.200. The van der Waals surface area contributed by atoms with E-state index in [1.807, 2.05) is 30.5 Å². The molecule has 1 aliphatic heterocycles. The van der Waals surface area contributed by atoms with Gasteiger partial charge in [0.25, 0.3) is 0 Å². The van der Waals surface area contributed by atoms with Gasteiger partial charge in [0.1, 0.15) is 11.5 Å². The number of nitrogens with zero attached hydrogens (tertiary/aromatic N) is 5. The highest BCUT2D eigenvalue weighted by Crippen LogP contribution is 2.31. The summed E-state index contributed by atoms with van der Waals surface area (Å²) in [5, 5.41) is 9.17. The summed E-state index contributed by atoms with van der Waals surface area (Å²) in [4.78, 5) is 15.4. The van der Waals surface area contributed by atoms with Crippen molar-refractivity contribution in [2.24, 2.45) is 0 Å². The normalized spacial score (nSPS) is 14.5. The average Bonchev–Trinajstić information content (AvgIpc) is 3.18. The van der Waals surface area contributed by atoms with E-state index in [2.05, 4.69) is 36.1 Å². The Balaban J connectivity index is 1.55. The minimum atomic E-state index is 0.515. The summed E-state index contributed by atoms with van der Waals surface area (Å²) in [5.74, 6) is 1.57. The van der Waals surface area contributed by atoms with Crippen LogP contribution in [-0.4, -0.2) is 51.5 Å². The lowest BCUT2D eigenvalue weighted by atomic mass is 10.1. The number of rotatable bonds is 3. The van der Waals surface area contributed by atoms with E-state index in [-0.39, 0.29) is 0 Å². The molecule has 0 aliphatic carbocycles. The Bertz CT molecular complexity index is 1120. The standard InChI is InChI=1S/C20H17ClN6O/c21-15-11-23-20(24-12-15)14-1-2-17-16(9-14)19(26-25-17)13-3-4-22-18(10-13)27-5-7-28-8-6-27/h1-4,9-12H,5-8H2,(H,25,26). The Morgan fingerprint density at radius 3 is 2.61 bits per heavy atom. The van der Waals surface area contributed by atoms with E-state index < -0.39 is 0 Å². The van der Waals surface area contributed by atoms with Gasteiger partial charge in [-0.3, -0.25) is 5.10 Å². The second kappa shape index (κ2) is 7.18. The third-order valence-corrected chi connectivity index (χ3v) is 4.99. The maximum Gasteiger partial charge on any atom is 0.159 e. The first-order chi connectivity index (χ1) is 13.8. The Labute approximate surface area is 166 Å². The van der Waals surface area contributed by atoms with Gasteiger partial charge in [0.2, 0.25) is 0 Å². The van der Waals surface area contributed by atoms with Gasteiger partial charge in [-0.15, -0.1) is 0 Å². The van der Waals surface area contributed by atoms with Gasteiger partial charge in [0.15, 0.2) is 5.82 Å². The maximum atomic E-state index is 5.90. The number of aromatic amines is 1. The van der Waals surface area contributed by atoms with Crippen molar-refractivity contribution in [2.75, 3.05) is 31.2 Å². The average molecular weight is 393 g/mol. The number of ether oxygens (including phenoxy) is 1. The molecule has 1 saturated heterocycles. The molecule has 3 aromatic heterocycles. The molecule has 1 aromatic carbocycles. The molecule has 1 N–H and O–H groups in total. The molecule has 7 nitrogen and oxygen atoms in total. The van der Waals surface area contributed by atoms with Crippen LogP contribution in [0.15, 0.2) is 48.9 Å². The van der Waals surface area contributed by atoms with Gasteiger partial charge in [-0.25, -0.2) is 15.0 Å². The molecular formula is C20H17ClN6O. The molecule has 140 valence electrons. The van der Waals surface area contributed by atoms with Gasteiger partial charge in [-0.05, 0) is 30.3 Å². The molecule has 28 heavy (non-hydrogen) atoms. The van der Waals surface area contributed by atoms with Gasteiger partial charge in [-0.2, -0.15) is 5.10 Å². The minimum absolute atomic E-state index is 0.515. The van der Waals surface area contributed by atoms with E-state index in [4.69, 9.17) is 16.3 Å². The lowest BCUT2D eigenvalue weighted by Gasteiger charge is -2.27. The molecule has 4 heterocycles. The monoisotopic (exact) mass is 392 g/mol. The zero-order valence-electron chi connectivity index (χ0n) is 15.0. The highest BCUT2D eigenvalue weighted by Gasteiger charge is 2.15. The summed E-state index contributed by atoms with van der Waals surface area (Å²) in [6.45, 7) is 3.13. The first-order valence-electron chi connectivity index (χ1n) is 9.03. The first-order valence-corrected chi connectivity index (χ1v) is 9.41. The predicted octanol–water partition coefficient (Wildman–Crippen LogP) is 3.57. The van der Waals surface area contributed by atoms with E-state index in [1.165, 1.54) is 0 Å². The topological polar surface area (TPSA) is 79.8 Å². The van der Waals surface area contributed by atoms with Crippen molar-refractivity contribution in [2.45, 2.75) is 0 Å². The van der Waals surface area contributed by atoms with Crippen molar-refractivity contribution in [3.8, 4) is 22.6 Å². The van der Waals surface area contributed by atoms with Gasteiger partial charge >= 0.3 is 0 Å². The number of nitrogens with one attached hydrogen (secondary N) is 1. The quantitative estimate of drug-likeness (QED) is 0.574. The fourth-order valence-electron chi connectivity index (χ4n) is 3.37. The SMILES string of the molecule is Clc1cnc(-c2ccc3[nH]nc(-c4ccnc(N5CCOCC5)c4)c3c2)nc1. The number of morpholine rings is 1. The predicted molar refractivity (Wildman–Crippen MR) is 108 cm³/mol. The molecule has 0 saturated carbocycles. The summed E-state index contributed by atoms with van der Waals surface area (Å²) in [6.07, 6.45) is 5.02. The summed E-state index contributed by atoms with van der Waals surface area (Å²) in [6, 6.07) is 10.1. The van der Waals surface area contributed by atoms with Crippen LogP contribution in [-0.2, 0) is 4.74 Å². The van der Waals surface area contributed by atoms with Crippen molar-refractivity contribution in [1.29, 1.82) is 0 Å². The Morgan fingerprint density at radius 1 is 0.964 bits per heavy atom. The molecule has 4 aromatic rings. The van der Waals surface area contributed by atoms with Crippen LogP contribution >= 0.6 is 11.6 Å². The van der Waals surface area contributed by atoms with Crippen LogP contribution in [0.3, 0.4) is 0 Å². The second-order valence-electron chi connectivity index (χ2n) is 6.56. The molecule has 0 atom stereocenters. The lowest BCUT2D eigenvalue weighted by Crippen LogP contribution is -2.36. The van der Waals surface area contributed by atoms with E-state index in [0.29, 0.717) is 10.8 Å².